The Labute approximate surface area is 82.7 Å². The third-order valence-electron chi connectivity index (χ3n) is 2.38. The molecular formula is C9H15N3S. The Morgan fingerprint density at radius 2 is 2.31 bits per heavy atom. The molecule has 0 aromatic carbocycles. The van der Waals surface area contributed by atoms with E-state index in [1.54, 1.807) is 0 Å². The third-order valence-corrected chi connectivity index (χ3v) is 3.64. The molecule has 1 aliphatic rings. The molecular weight excluding hydrogens is 182 g/mol. The summed E-state index contributed by atoms with van der Waals surface area (Å²) < 4.78 is 0. The van der Waals surface area contributed by atoms with Gasteiger partial charge in [0.1, 0.15) is 0 Å². The van der Waals surface area contributed by atoms with Crippen molar-refractivity contribution < 1.29 is 0 Å². The first-order valence-electron chi connectivity index (χ1n) is 4.65. The number of nitrogens with zero attached hydrogens (tertiary/aromatic N) is 1. The van der Waals surface area contributed by atoms with Crippen LogP contribution in [-0.4, -0.2) is 22.5 Å². The zero-order chi connectivity index (χ0) is 9.26. The molecule has 1 saturated heterocycles. The molecule has 0 saturated carbocycles. The summed E-state index contributed by atoms with van der Waals surface area (Å²) in [7, 11) is 0. The van der Waals surface area contributed by atoms with E-state index in [1.165, 1.54) is 23.4 Å². The molecule has 2 N–H and O–H groups in total. The van der Waals surface area contributed by atoms with Gasteiger partial charge in [0.2, 0.25) is 0 Å². The summed E-state index contributed by atoms with van der Waals surface area (Å²) in [6, 6.07) is 0. The van der Waals surface area contributed by atoms with Crippen LogP contribution in [0.25, 0.3) is 0 Å². The van der Waals surface area contributed by atoms with Crippen LogP contribution in [0.4, 0.5) is 0 Å². The largest absolute Gasteiger partial charge is 0.301 e. The van der Waals surface area contributed by atoms with Crippen molar-refractivity contribution >= 4 is 11.8 Å². The van der Waals surface area contributed by atoms with E-state index in [9.17, 15) is 0 Å². The van der Waals surface area contributed by atoms with Crippen LogP contribution in [0.2, 0.25) is 0 Å². The first kappa shape index (κ1) is 9.09. The molecule has 0 spiro atoms. The Hall–Kier alpha value is -0.480. The van der Waals surface area contributed by atoms with Crippen molar-refractivity contribution in [2.24, 2.45) is 0 Å². The maximum Gasteiger partial charge on any atom is 0.0825 e. The lowest BCUT2D eigenvalue weighted by Crippen LogP contribution is -2.25. The van der Waals surface area contributed by atoms with E-state index in [-0.39, 0.29) is 0 Å². The Bertz CT molecular complexity index is 270. The summed E-state index contributed by atoms with van der Waals surface area (Å²) in [6.45, 7) is 5.28. The molecule has 0 aliphatic carbocycles. The van der Waals surface area contributed by atoms with E-state index < -0.39 is 0 Å². The molecule has 3 nitrogen and oxygen atoms in total. The molecule has 4 heteroatoms. The summed E-state index contributed by atoms with van der Waals surface area (Å²) >= 11 is 1.98. The fourth-order valence-electron chi connectivity index (χ4n) is 1.70. The van der Waals surface area contributed by atoms with Crippen LogP contribution in [0, 0.1) is 13.8 Å². The van der Waals surface area contributed by atoms with Gasteiger partial charge in [-0.05, 0) is 32.6 Å². The SMILES string of the molecule is Cc1n[nH]c(C)c1C1NCCCS1. The Morgan fingerprint density at radius 3 is 2.85 bits per heavy atom. The van der Waals surface area contributed by atoms with E-state index >= 15 is 0 Å². The van der Waals surface area contributed by atoms with E-state index in [2.05, 4.69) is 29.4 Å². The highest BCUT2D eigenvalue weighted by atomic mass is 32.2. The lowest BCUT2D eigenvalue weighted by molar-refractivity contribution is 0.639. The van der Waals surface area contributed by atoms with Gasteiger partial charge >= 0.3 is 0 Å². The van der Waals surface area contributed by atoms with E-state index in [4.69, 9.17) is 0 Å². The minimum atomic E-state index is 0.451. The van der Waals surface area contributed by atoms with Gasteiger partial charge in [-0.2, -0.15) is 5.10 Å². The predicted octanol–water partition coefficient (Wildman–Crippen LogP) is 1.75. The van der Waals surface area contributed by atoms with Crippen LogP contribution in [0.1, 0.15) is 28.7 Å². The Kier molecular flexibility index (Phi) is 2.60. The van der Waals surface area contributed by atoms with Crippen molar-refractivity contribution in [2.75, 3.05) is 12.3 Å². The van der Waals surface area contributed by atoms with Crippen molar-refractivity contribution in [1.82, 2.24) is 15.5 Å². The lowest BCUT2D eigenvalue weighted by Gasteiger charge is -2.23. The summed E-state index contributed by atoms with van der Waals surface area (Å²) in [5, 5.41) is 11.2. The number of hydrogen-bond donors (Lipinski definition) is 2. The van der Waals surface area contributed by atoms with Crippen LogP contribution in [0.3, 0.4) is 0 Å². The molecule has 1 atom stereocenters. The average molecular weight is 197 g/mol. The first-order chi connectivity index (χ1) is 6.29. The second-order valence-electron chi connectivity index (χ2n) is 3.41. The maximum absolute atomic E-state index is 4.21. The number of H-pyrrole nitrogens is 1. The number of aromatic nitrogens is 2. The number of nitrogens with one attached hydrogen (secondary N) is 2. The minimum absolute atomic E-state index is 0.451. The highest BCUT2D eigenvalue weighted by Crippen LogP contribution is 2.32. The Morgan fingerprint density at radius 1 is 1.46 bits per heavy atom. The second-order valence-corrected chi connectivity index (χ2v) is 4.62. The van der Waals surface area contributed by atoms with Gasteiger partial charge in [0.05, 0.1) is 11.1 Å². The number of aromatic amines is 1. The van der Waals surface area contributed by atoms with Gasteiger partial charge in [0, 0.05) is 11.3 Å². The normalized spacial score (nSPS) is 23.4. The molecule has 1 aromatic heterocycles. The van der Waals surface area contributed by atoms with E-state index in [1.807, 2.05) is 11.8 Å². The zero-order valence-corrected chi connectivity index (χ0v) is 8.87. The monoisotopic (exact) mass is 197 g/mol. The summed E-state index contributed by atoms with van der Waals surface area (Å²) in [6.07, 6.45) is 1.27. The second kappa shape index (κ2) is 3.72. The molecule has 0 amide bonds. The van der Waals surface area contributed by atoms with Gasteiger partial charge in [-0.1, -0.05) is 0 Å². The molecule has 0 bridgehead atoms. The number of rotatable bonds is 1. The zero-order valence-electron chi connectivity index (χ0n) is 8.05. The molecule has 1 unspecified atom stereocenters. The summed E-state index contributed by atoms with van der Waals surface area (Å²) in [4.78, 5) is 0. The summed E-state index contributed by atoms with van der Waals surface area (Å²) in [5.41, 5.74) is 3.68. The van der Waals surface area contributed by atoms with Gasteiger partial charge in [0.25, 0.3) is 0 Å². The van der Waals surface area contributed by atoms with Crippen molar-refractivity contribution in [1.29, 1.82) is 0 Å². The molecule has 1 fully saturated rings. The fourth-order valence-corrected chi connectivity index (χ4v) is 2.99. The van der Waals surface area contributed by atoms with Crippen LogP contribution in [0.5, 0.6) is 0 Å². The highest BCUT2D eigenvalue weighted by Gasteiger charge is 2.20. The van der Waals surface area contributed by atoms with Crippen LogP contribution < -0.4 is 5.32 Å². The molecule has 2 heterocycles. The molecule has 2 rings (SSSR count). The quantitative estimate of drug-likeness (QED) is 0.720. The van der Waals surface area contributed by atoms with Gasteiger partial charge in [0.15, 0.2) is 0 Å². The number of thioether (sulfide) groups is 1. The molecule has 0 radical (unpaired) electrons. The van der Waals surface area contributed by atoms with Crippen molar-refractivity contribution in [3.05, 3.63) is 17.0 Å². The topological polar surface area (TPSA) is 40.7 Å². The van der Waals surface area contributed by atoms with Crippen LogP contribution in [-0.2, 0) is 0 Å². The first-order valence-corrected chi connectivity index (χ1v) is 5.70. The summed E-state index contributed by atoms with van der Waals surface area (Å²) in [5.74, 6) is 1.25. The van der Waals surface area contributed by atoms with Crippen molar-refractivity contribution in [3.63, 3.8) is 0 Å². The van der Waals surface area contributed by atoms with Gasteiger partial charge in [-0.15, -0.1) is 11.8 Å². The third kappa shape index (κ3) is 1.74. The lowest BCUT2D eigenvalue weighted by atomic mass is 10.2. The standard InChI is InChI=1S/C9H15N3S/c1-6-8(7(2)12-11-6)9-10-4-3-5-13-9/h9-10H,3-5H2,1-2H3,(H,11,12). The van der Waals surface area contributed by atoms with Gasteiger partial charge in [-0.3, -0.25) is 5.10 Å². The molecule has 13 heavy (non-hydrogen) atoms. The fraction of sp³-hybridized carbons (Fsp3) is 0.667. The van der Waals surface area contributed by atoms with E-state index in [0.717, 1.165) is 12.2 Å². The van der Waals surface area contributed by atoms with Crippen molar-refractivity contribution in [2.45, 2.75) is 25.6 Å². The average Bonchev–Trinajstić information content (AvgIpc) is 2.48. The Balaban J connectivity index is 2.22. The molecule has 72 valence electrons. The van der Waals surface area contributed by atoms with Crippen molar-refractivity contribution in [3.8, 4) is 0 Å². The van der Waals surface area contributed by atoms with Gasteiger partial charge < -0.3 is 5.32 Å². The van der Waals surface area contributed by atoms with Crippen LogP contribution >= 0.6 is 11.8 Å². The van der Waals surface area contributed by atoms with Gasteiger partial charge in [-0.25, -0.2) is 0 Å². The molecule has 1 aliphatic heterocycles. The number of hydrogen-bond acceptors (Lipinski definition) is 3. The minimum Gasteiger partial charge on any atom is -0.301 e. The predicted molar refractivity (Wildman–Crippen MR) is 55.9 cm³/mol. The van der Waals surface area contributed by atoms with Crippen LogP contribution in [0.15, 0.2) is 0 Å². The smallest absolute Gasteiger partial charge is 0.0825 e. The maximum atomic E-state index is 4.21. The highest BCUT2D eigenvalue weighted by molar-refractivity contribution is 7.99. The van der Waals surface area contributed by atoms with E-state index in [0.29, 0.717) is 5.37 Å². The molecule has 1 aromatic rings. The number of aryl methyl sites for hydroxylation is 2.